The zero-order valence-corrected chi connectivity index (χ0v) is 10.8. The second kappa shape index (κ2) is 6.89. The lowest BCUT2D eigenvalue weighted by atomic mass is 9.97. The molecule has 0 saturated heterocycles. The van der Waals surface area contributed by atoms with Crippen LogP contribution in [0.15, 0.2) is 30.3 Å². The van der Waals surface area contributed by atoms with Crippen molar-refractivity contribution in [3.63, 3.8) is 0 Å². The van der Waals surface area contributed by atoms with Gasteiger partial charge in [-0.25, -0.2) is 0 Å². The van der Waals surface area contributed by atoms with Crippen LogP contribution in [0.4, 0.5) is 0 Å². The fraction of sp³-hybridized carbons (Fsp3) is 0.400. The molecule has 0 aliphatic rings. The highest BCUT2D eigenvalue weighted by molar-refractivity contribution is 5.72. The molecule has 0 unspecified atom stereocenters. The standard InChI is InChI=1S/C15H20O2/c1-4-17-15(16)11-7-9-13-8-5-6-10-14(13)12(2)3/h5-10,12H,4,11H2,1-3H3. The first kappa shape index (κ1) is 13.5. The van der Waals surface area contributed by atoms with E-state index in [2.05, 4.69) is 26.0 Å². The van der Waals surface area contributed by atoms with Crippen LogP contribution >= 0.6 is 0 Å². The van der Waals surface area contributed by atoms with Gasteiger partial charge >= 0.3 is 5.97 Å². The number of carbonyl (C=O) groups excluding carboxylic acids is 1. The molecule has 0 radical (unpaired) electrons. The summed E-state index contributed by atoms with van der Waals surface area (Å²) in [7, 11) is 0. The van der Waals surface area contributed by atoms with Crippen molar-refractivity contribution in [3.05, 3.63) is 41.5 Å². The first-order valence-electron chi connectivity index (χ1n) is 6.06. The van der Waals surface area contributed by atoms with E-state index in [1.54, 1.807) is 0 Å². The Morgan fingerprint density at radius 3 is 2.71 bits per heavy atom. The van der Waals surface area contributed by atoms with Gasteiger partial charge in [0.1, 0.15) is 0 Å². The molecule has 0 atom stereocenters. The van der Waals surface area contributed by atoms with Gasteiger partial charge in [0, 0.05) is 0 Å². The Labute approximate surface area is 103 Å². The topological polar surface area (TPSA) is 26.3 Å². The predicted octanol–water partition coefficient (Wildman–Crippen LogP) is 3.78. The van der Waals surface area contributed by atoms with E-state index in [0.29, 0.717) is 18.9 Å². The minimum atomic E-state index is -0.175. The van der Waals surface area contributed by atoms with Crippen molar-refractivity contribution < 1.29 is 9.53 Å². The largest absolute Gasteiger partial charge is 0.466 e. The van der Waals surface area contributed by atoms with Crippen LogP contribution in [0, 0.1) is 0 Å². The number of esters is 1. The Hall–Kier alpha value is -1.57. The molecule has 2 nitrogen and oxygen atoms in total. The molecule has 1 aromatic rings. The summed E-state index contributed by atoms with van der Waals surface area (Å²) in [6, 6.07) is 8.24. The van der Waals surface area contributed by atoms with E-state index < -0.39 is 0 Å². The number of hydrogen-bond acceptors (Lipinski definition) is 2. The van der Waals surface area contributed by atoms with Crippen molar-refractivity contribution in [2.45, 2.75) is 33.1 Å². The van der Waals surface area contributed by atoms with Gasteiger partial charge in [-0.15, -0.1) is 0 Å². The fourth-order valence-electron chi connectivity index (χ4n) is 1.69. The highest BCUT2D eigenvalue weighted by Crippen LogP contribution is 2.20. The summed E-state index contributed by atoms with van der Waals surface area (Å²) >= 11 is 0. The maximum absolute atomic E-state index is 11.2. The number of rotatable bonds is 5. The Morgan fingerprint density at radius 2 is 2.06 bits per heavy atom. The molecule has 0 spiro atoms. The highest BCUT2D eigenvalue weighted by atomic mass is 16.5. The van der Waals surface area contributed by atoms with Gasteiger partial charge in [-0.3, -0.25) is 4.79 Å². The Bertz CT molecular complexity index is 392. The molecular formula is C15H20O2. The molecule has 0 saturated carbocycles. The van der Waals surface area contributed by atoms with Crippen molar-refractivity contribution >= 4 is 12.0 Å². The van der Waals surface area contributed by atoms with E-state index in [9.17, 15) is 4.79 Å². The molecule has 92 valence electrons. The van der Waals surface area contributed by atoms with Crippen LogP contribution in [0.25, 0.3) is 6.08 Å². The Morgan fingerprint density at radius 1 is 1.35 bits per heavy atom. The molecular weight excluding hydrogens is 212 g/mol. The normalized spacial score (nSPS) is 11.1. The van der Waals surface area contributed by atoms with E-state index in [-0.39, 0.29) is 5.97 Å². The molecule has 0 aliphatic heterocycles. The predicted molar refractivity (Wildman–Crippen MR) is 70.8 cm³/mol. The molecule has 0 fully saturated rings. The van der Waals surface area contributed by atoms with Crippen LogP contribution in [0.3, 0.4) is 0 Å². The second-order valence-corrected chi connectivity index (χ2v) is 4.20. The van der Waals surface area contributed by atoms with Gasteiger partial charge < -0.3 is 4.74 Å². The van der Waals surface area contributed by atoms with Crippen LogP contribution in [0.5, 0.6) is 0 Å². The lowest BCUT2D eigenvalue weighted by molar-refractivity contribution is -0.142. The molecule has 0 amide bonds. The van der Waals surface area contributed by atoms with E-state index in [4.69, 9.17) is 4.74 Å². The summed E-state index contributed by atoms with van der Waals surface area (Å²) in [5.41, 5.74) is 2.47. The first-order valence-corrected chi connectivity index (χ1v) is 6.06. The third-order valence-electron chi connectivity index (χ3n) is 2.51. The molecule has 1 aromatic carbocycles. The average molecular weight is 232 g/mol. The second-order valence-electron chi connectivity index (χ2n) is 4.20. The van der Waals surface area contributed by atoms with Crippen molar-refractivity contribution in [2.75, 3.05) is 6.61 Å². The van der Waals surface area contributed by atoms with Crippen molar-refractivity contribution in [1.82, 2.24) is 0 Å². The molecule has 0 aromatic heterocycles. The monoisotopic (exact) mass is 232 g/mol. The van der Waals surface area contributed by atoms with Gasteiger partial charge in [-0.05, 0) is 24.0 Å². The molecule has 1 rings (SSSR count). The number of carbonyl (C=O) groups is 1. The van der Waals surface area contributed by atoms with Gasteiger partial charge in [0.15, 0.2) is 0 Å². The molecule has 0 bridgehead atoms. The molecule has 0 aliphatic carbocycles. The van der Waals surface area contributed by atoms with Crippen LogP contribution in [0.2, 0.25) is 0 Å². The van der Waals surface area contributed by atoms with Gasteiger partial charge in [0.05, 0.1) is 13.0 Å². The Kier molecular flexibility index (Phi) is 5.47. The summed E-state index contributed by atoms with van der Waals surface area (Å²) in [6.45, 7) is 6.58. The minimum absolute atomic E-state index is 0.175. The summed E-state index contributed by atoms with van der Waals surface area (Å²) in [4.78, 5) is 11.2. The summed E-state index contributed by atoms with van der Waals surface area (Å²) in [6.07, 6.45) is 4.19. The maximum Gasteiger partial charge on any atom is 0.309 e. The number of ether oxygens (including phenoxy) is 1. The summed E-state index contributed by atoms with van der Waals surface area (Å²) in [5, 5.41) is 0. The van der Waals surface area contributed by atoms with Gasteiger partial charge in [0.25, 0.3) is 0 Å². The van der Waals surface area contributed by atoms with Crippen LogP contribution in [-0.4, -0.2) is 12.6 Å². The third-order valence-corrected chi connectivity index (χ3v) is 2.51. The maximum atomic E-state index is 11.2. The van der Waals surface area contributed by atoms with Crippen molar-refractivity contribution in [1.29, 1.82) is 0 Å². The lowest BCUT2D eigenvalue weighted by Crippen LogP contribution is -2.01. The third kappa shape index (κ3) is 4.43. The van der Waals surface area contributed by atoms with Crippen LogP contribution in [0.1, 0.15) is 44.2 Å². The van der Waals surface area contributed by atoms with E-state index in [1.807, 2.05) is 31.2 Å². The summed E-state index contributed by atoms with van der Waals surface area (Å²) < 4.78 is 4.87. The summed E-state index contributed by atoms with van der Waals surface area (Å²) in [5.74, 6) is 0.309. The van der Waals surface area contributed by atoms with E-state index >= 15 is 0 Å². The number of hydrogen-bond donors (Lipinski definition) is 0. The van der Waals surface area contributed by atoms with Gasteiger partial charge in [0.2, 0.25) is 0 Å². The zero-order valence-electron chi connectivity index (χ0n) is 10.8. The van der Waals surface area contributed by atoms with Crippen molar-refractivity contribution in [2.24, 2.45) is 0 Å². The zero-order chi connectivity index (χ0) is 12.7. The molecule has 2 heteroatoms. The van der Waals surface area contributed by atoms with Crippen molar-refractivity contribution in [3.8, 4) is 0 Å². The molecule has 0 heterocycles. The number of benzene rings is 1. The van der Waals surface area contributed by atoms with Crippen LogP contribution in [-0.2, 0) is 9.53 Å². The van der Waals surface area contributed by atoms with Gasteiger partial charge in [-0.2, -0.15) is 0 Å². The van der Waals surface area contributed by atoms with E-state index in [1.165, 1.54) is 11.1 Å². The quantitative estimate of drug-likeness (QED) is 0.722. The smallest absolute Gasteiger partial charge is 0.309 e. The van der Waals surface area contributed by atoms with E-state index in [0.717, 1.165) is 0 Å². The SMILES string of the molecule is CCOC(=O)CC=Cc1ccccc1C(C)C. The highest BCUT2D eigenvalue weighted by Gasteiger charge is 2.03. The molecule has 0 N–H and O–H groups in total. The lowest BCUT2D eigenvalue weighted by Gasteiger charge is -2.08. The minimum Gasteiger partial charge on any atom is -0.466 e. The average Bonchev–Trinajstić information content (AvgIpc) is 2.30. The fourth-order valence-corrected chi connectivity index (χ4v) is 1.69. The molecule has 17 heavy (non-hydrogen) atoms. The van der Waals surface area contributed by atoms with Crippen LogP contribution < -0.4 is 0 Å². The Balaban J connectivity index is 2.68. The van der Waals surface area contributed by atoms with Gasteiger partial charge in [-0.1, -0.05) is 50.3 Å². The first-order chi connectivity index (χ1) is 8.15.